The minimum atomic E-state index is -1.51. The molecule has 0 fully saturated rings. The molecule has 0 aliphatic heterocycles. The minimum Gasteiger partial charge on any atom is -0.0958 e. The van der Waals surface area contributed by atoms with Gasteiger partial charge in [0.25, 0.3) is 3.93 Å². The maximum Gasteiger partial charge on any atom is 0.272 e. The Labute approximate surface area is 87.9 Å². The summed E-state index contributed by atoms with van der Waals surface area (Å²) in [6.07, 6.45) is 0. The van der Waals surface area contributed by atoms with E-state index in [4.69, 9.17) is 0 Å². The fourth-order valence-corrected chi connectivity index (χ4v) is 5.10. The Morgan fingerprint density at radius 2 is 1.40 bits per heavy atom. The molecule has 0 rings (SSSR count). The van der Waals surface area contributed by atoms with E-state index in [-0.39, 0.29) is 0 Å². The van der Waals surface area contributed by atoms with Crippen molar-refractivity contribution in [3.05, 3.63) is 0 Å². The van der Waals surface area contributed by atoms with E-state index in [0.29, 0.717) is 11.0 Å². The van der Waals surface area contributed by atoms with Crippen LogP contribution in [0, 0.1) is 5.92 Å². The Kier molecular flexibility index (Phi) is 4.18. The SMILES string of the molecule is CC(C)C(C)(C)[Si](Br)(Br)Br. The van der Waals surface area contributed by atoms with E-state index >= 15 is 0 Å². The summed E-state index contributed by atoms with van der Waals surface area (Å²) < 4.78 is -1.51. The van der Waals surface area contributed by atoms with Crippen LogP contribution in [0.4, 0.5) is 0 Å². The molecule has 0 spiro atoms. The fourth-order valence-electron chi connectivity index (χ4n) is 0.327. The van der Waals surface area contributed by atoms with Crippen LogP contribution in [0.15, 0.2) is 0 Å². The Balaban J connectivity index is 4.40. The molecule has 0 N–H and O–H groups in total. The summed E-state index contributed by atoms with van der Waals surface area (Å²) in [7, 11) is 0. The van der Waals surface area contributed by atoms with E-state index in [0.717, 1.165) is 0 Å². The first kappa shape index (κ1) is 11.7. The van der Waals surface area contributed by atoms with Crippen LogP contribution in [0.1, 0.15) is 27.7 Å². The van der Waals surface area contributed by atoms with Gasteiger partial charge >= 0.3 is 0 Å². The lowest BCUT2D eigenvalue weighted by Gasteiger charge is -2.35. The molecule has 0 heterocycles. The van der Waals surface area contributed by atoms with Crippen molar-refractivity contribution in [2.75, 3.05) is 0 Å². The smallest absolute Gasteiger partial charge is 0.0958 e. The van der Waals surface area contributed by atoms with Crippen molar-refractivity contribution in [1.29, 1.82) is 0 Å². The van der Waals surface area contributed by atoms with E-state index in [9.17, 15) is 0 Å². The third-order valence-electron chi connectivity index (χ3n) is 2.17. The molecule has 4 heteroatoms. The molecule has 0 aliphatic rings. The maximum atomic E-state index is 3.67. The first-order chi connectivity index (χ1) is 4.19. The highest BCUT2D eigenvalue weighted by molar-refractivity contribution is 9.72. The first-order valence-corrected chi connectivity index (χ1v) is 12.0. The second-order valence-corrected chi connectivity index (χ2v) is 25.9. The standard InChI is InChI=1S/C6H13Br3Si/c1-5(2)6(3,4)10(7,8)9/h5H,1-4H3. The van der Waals surface area contributed by atoms with Gasteiger partial charge in [-0.2, -0.15) is 0 Å². The van der Waals surface area contributed by atoms with Gasteiger partial charge < -0.3 is 0 Å². The number of hydrogen-bond acceptors (Lipinski definition) is 0. The molecular weight excluding hydrogens is 340 g/mol. The Hall–Kier alpha value is 1.66. The molecule has 0 aliphatic carbocycles. The fraction of sp³-hybridized carbons (Fsp3) is 1.00. The average Bonchev–Trinajstić information content (AvgIpc) is 1.62. The van der Waals surface area contributed by atoms with Crippen molar-refractivity contribution in [1.82, 2.24) is 0 Å². The van der Waals surface area contributed by atoms with Crippen LogP contribution < -0.4 is 0 Å². The third kappa shape index (κ3) is 2.61. The highest BCUT2D eigenvalue weighted by Crippen LogP contribution is 2.53. The molecular formula is C6H13Br3Si. The molecule has 0 radical (unpaired) electrons. The number of rotatable bonds is 2. The zero-order valence-electron chi connectivity index (χ0n) is 6.71. The van der Waals surface area contributed by atoms with Gasteiger partial charge in [-0.25, -0.2) is 0 Å². The quantitative estimate of drug-likeness (QED) is 0.505. The summed E-state index contributed by atoms with van der Waals surface area (Å²) in [6, 6.07) is 0. The van der Waals surface area contributed by atoms with Crippen LogP contribution in [0.3, 0.4) is 0 Å². The average molecular weight is 353 g/mol. The van der Waals surface area contributed by atoms with Gasteiger partial charge in [0.1, 0.15) is 0 Å². The number of halogens is 3. The highest BCUT2D eigenvalue weighted by atomic mass is 80.0. The van der Waals surface area contributed by atoms with Gasteiger partial charge in [-0.1, -0.05) is 73.6 Å². The van der Waals surface area contributed by atoms with E-state index in [1.54, 1.807) is 0 Å². The zero-order valence-corrected chi connectivity index (χ0v) is 12.5. The molecule has 10 heavy (non-hydrogen) atoms. The summed E-state index contributed by atoms with van der Waals surface area (Å²) in [5, 5.41) is 0.326. The summed E-state index contributed by atoms with van der Waals surface area (Å²) in [4.78, 5) is 0. The predicted octanol–water partition coefficient (Wildman–Crippen LogP) is 4.55. The van der Waals surface area contributed by atoms with Crippen LogP contribution in [0.5, 0.6) is 0 Å². The second-order valence-electron chi connectivity index (χ2n) is 3.37. The van der Waals surface area contributed by atoms with Crippen LogP contribution in [-0.2, 0) is 0 Å². The molecule has 0 saturated carbocycles. The van der Waals surface area contributed by atoms with Crippen molar-refractivity contribution in [3.63, 3.8) is 0 Å². The Morgan fingerprint density at radius 1 is 1.10 bits per heavy atom. The van der Waals surface area contributed by atoms with Gasteiger partial charge in [-0.15, -0.1) is 0 Å². The van der Waals surface area contributed by atoms with Crippen LogP contribution in [0.2, 0.25) is 5.04 Å². The van der Waals surface area contributed by atoms with Crippen molar-refractivity contribution in [3.8, 4) is 0 Å². The molecule has 62 valence electrons. The highest BCUT2D eigenvalue weighted by Gasteiger charge is 2.43. The van der Waals surface area contributed by atoms with Gasteiger partial charge in [0.2, 0.25) is 0 Å². The van der Waals surface area contributed by atoms with Crippen LogP contribution >= 0.6 is 45.9 Å². The molecule has 0 atom stereocenters. The molecule has 0 aromatic heterocycles. The van der Waals surface area contributed by atoms with Crippen molar-refractivity contribution >= 4 is 49.8 Å². The predicted molar refractivity (Wildman–Crippen MR) is 61.4 cm³/mol. The second kappa shape index (κ2) is 3.58. The van der Waals surface area contributed by atoms with E-state index in [1.807, 2.05) is 0 Å². The van der Waals surface area contributed by atoms with E-state index in [1.165, 1.54) is 0 Å². The number of hydrogen-bond donors (Lipinski definition) is 0. The topological polar surface area (TPSA) is 0 Å². The molecule has 0 bridgehead atoms. The largest absolute Gasteiger partial charge is 0.272 e. The normalized spacial score (nSPS) is 14.4. The van der Waals surface area contributed by atoms with Gasteiger partial charge in [-0.05, 0) is 11.0 Å². The molecule has 0 amide bonds. The van der Waals surface area contributed by atoms with Crippen molar-refractivity contribution in [2.45, 2.75) is 32.7 Å². The van der Waals surface area contributed by atoms with Gasteiger partial charge in [-0.3, -0.25) is 0 Å². The van der Waals surface area contributed by atoms with E-state index < -0.39 is 3.93 Å². The van der Waals surface area contributed by atoms with E-state index in [2.05, 4.69) is 73.6 Å². The third-order valence-corrected chi connectivity index (χ3v) is 13.4. The molecule has 0 aromatic carbocycles. The minimum absolute atomic E-state index is 0.326. The van der Waals surface area contributed by atoms with Gasteiger partial charge in [0, 0.05) is 0 Å². The van der Waals surface area contributed by atoms with Gasteiger partial charge in [0.05, 0.1) is 0 Å². The lowest BCUT2D eigenvalue weighted by molar-refractivity contribution is 0.476. The zero-order chi connectivity index (χ0) is 8.58. The van der Waals surface area contributed by atoms with Crippen molar-refractivity contribution in [2.24, 2.45) is 5.92 Å². The van der Waals surface area contributed by atoms with Crippen LogP contribution in [-0.4, -0.2) is 3.93 Å². The molecule has 0 nitrogen and oxygen atoms in total. The lowest BCUT2D eigenvalue weighted by Crippen LogP contribution is -2.30. The molecule has 0 aromatic rings. The summed E-state index contributed by atoms with van der Waals surface area (Å²) in [5.74, 6) is 0.678. The Morgan fingerprint density at radius 3 is 1.40 bits per heavy atom. The van der Waals surface area contributed by atoms with Crippen molar-refractivity contribution < 1.29 is 0 Å². The lowest BCUT2D eigenvalue weighted by atomic mass is 9.99. The van der Waals surface area contributed by atoms with Gasteiger partial charge in [0.15, 0.2) is 0 Å². The summed E-state index contributed by atoms with van der Waals surface area (Å²) in [6.45, 7) is 9.02. The first-order valence-electron chi connectivity index (χ1n) is 3.26. The molecule has 0 saturated heterocycles. The Bertz CT molecular complexity index is 115. The summed E-state index contributed by atoms with van der Waals surface area (Å²) >= 11 is 11.0. The monoisotopic (exact) mass is 350 g/mol. The maximum absolute atomic E-state index is 3.67. The molecule has 0 unspecified atom stereocenters. The summed E-state index contributed by atoms with van der Waals surface area (Å²) in [5.41, 5.74) is 0. The van der Waals surface area contributed by atoms with Crippen LogP contribution in [0.25, 0.3) is 0 Å².